The highest BCUT2D eigenvalue weighted by molar-refractivity contribution is 8.18. The maximum absolute atomic E-state index is 12.8. The summed E-state index contributed by atoms with van der Waals surface area (Å²) in [5.74, 6) is -0.117. The fraction of sp³-hybridized carbons (Fsp3) is 0.0690. The van der Waals surface area contributed by atoms with Crippen LogP contribution in [0.25, 0.3) is 16.8 Å². The number of rotatable bonds is 7. The van der Waals surface area contributed by atoms with Gasteiger partial charge in [0.1, 0.15) is 12.4 Å². The van der Waals surface area contributed by atoms with Crippen molar-refractivity contribution in [1.29, 1.82) is 0 Å². The van der Waals surface area contributed by atoms with Crippen molar-refractivity contribution in [3.63, 3.8) is 0 Å². The molecule has 0 aliphatic carbocycles. The van der Waals surface area contributed by atoms with E-state index in [4.69, 9.17) is 16.3 Å². The van der Waals surface area contributed by atoms with Crippen molar-refractivity contribution >= 4 is 57.1 Å². The Morgan fingerprint density at radius 2 is 1.61 bits per heavy atom. The third-order valence-electron chi connectivity index (χ3n) is 5.79. The Morgan fingerprint density at radius 1 is 0.889 bits per heavy atom. The van der Waals surface area contributed by atoms with Crippen LogP contribution < -0.4 is 4.74 Å². The Balaban J connectivity index is 1.23. The van der Waals surface area contributed by atoms with Gasteiger partial charge in [-0.05, 0) is 76.1 Å². The van der Waals surface area contributed by atoms with Gasteiger partial charge in [-0.1, -0.05) is 66.2 Å². The number of hydrogen-bond donors (Lipinski definition) is 0. The Labute approximate surface area is 217 Å². The summed E-state index contributed by atoms with van der Waals surface area (Å²) in [5, 5.41) is 2.36. The van der Waals surface area contributed by atoms with Crippen LogP contribution in [0.3, 0.4) is 0 Å². The molecule has 178 valence electrons. The summed E-state index contributed by atoms with van der Waals surface area (Å²) in [4.78, 5) is 38.9. The second-order valence-electron chi connectivity index (χ2n) is 8.19. The number of ether oxygens (including phenoxy) is 1. The monoisotopic (exact) mass is 513 g/mol. The van der Waals surface area contributed by atoms with Gasteiger partial charge in [-0.25, -0.2) is 0 Å². The van der Waals surface area contributed by atoms with Crippen molar-refractivity contribution in [2.75, 3.05) is 6.54 Å². The van der Waals surface area contributed by atoms with E-state index in [1.54, 1.807) is 30.3 Å². The maximum atomic E-state index is 12.8. The molecule has 36 heavy (non-hydrogen) atoms. The quantitative estimate of drug-likeness (QED) is 0.197. The number of thioether (sulfide) groups is 1. The third-order valence-corrected chi connectivity index (χ3v) is 6.95. The molecule has 1 fully saturated rings. The van der Waals surface area contributed by atoms with Crippen LogP contribution in [0.15, 0.2) is 95.9 Å². The van der Waals surface area contributed by atoms with Gasteiger partial charge in [-0.15, -0.1) is 0 Å². The summed E-state index contributed by atoms with van der Waals surface area (Å²) in [7, 11) is 0. The van der Waals surface area contributed by atoms with Crippen LogP contribution >= 0.6 is 23.4 Å². The van der Waals surface area contributed by atoms with E-state index >= 15 is 0 Å². The first-order valence-electron chi connectivity index (χ1n) is 11.2. The largest absolute Gasteiger partial charge is 0.489 e. The lowest BCUT2D eigenvalue weighted by atomic mass is 10.1. The van der Waals surface area contributed by atoms with Gasteiger partial charge >= 0.3 is 0 Å². The van der Waals surface area contributed by atoms with Crippen molar-refractivity contribution in [3.05, 3.63) is 118 Å². The van der Waals surface area contributed by atoms with Crippen molar-refractivity contribution < 1.29 is 19.1 Å². The summed E-state index contributed by atoms with van der Waals surface area (Å²) in [6, 6.07) is 27.9. The molecule has 0 radical (unpaired) electrons. The van der Waals surface area contributed by atoms with Crippen molar-refractivity contribution in [2.45, 2.75) is 6.61 Å². The minimum Gasteiger partial charge on any atom is -0.489 e. The highest BCUT2D eigenvalue weighted by atomic mass is 35.5. The summed E-state index contributed by atoms with van der Waals surface area (Å²) in [5.41, 5.74) is 2.24. The van der Waals surface area contributed by atoms with Gasteiger partial charge in [0.2, 0.25) is 0 Å². The van der Waals surface area contributed by atoms with Crippen LogP contribution in [-0.2, 0) is 11.4 Å². The van der Waals surface area contributed by atoms with Crippen LogP contribution in [-0.4, -0.2) is 28.4 Å². The molecule has 1 heterocycles. The smallest absolute Gasteiger partial charge is 0.293 e. The van der Waals surface area contributed by atoms with Crippen molar-refractivity contribution in [1.82, 2.24) is 4.90 Å². The summed E-state index contributed by atoms with van der Waals surface area (Å²) in [6.45, 7) is 0.117. The number of Topliss-reactive ketones (excluding diaryl/α,β-unsaturated/α-hetero) is 1. The second kappa shape index (κ2) is 10.4. The molecule has 5 nitrogen and oxygen atoms in total. The number of amides is 2. The van der Waals surface area contributed by atoms with Crippen LogP contribution in [0.4, 0.5) is 4.79 Å². The minimum absolute atomic E-state index is 0.272. The molecule has 4 aromatic rings. The van der Waals surface area contributed by atoms with Crippen molar-refractivity contribution in [3.8, 4) is 5.75 Å². The zero-order valence-electron chi connectivity index (χ0n) is 19.0. The summed E-state index contributed by atoms with van der Waals surface area (Å²) >= 11 is 6.68. The van der Waals surface area contributed by atoms with Crippen LogP contribution in [0.2, 0.25) is 5.02 Å². The lowest BCUT2D eigenvalue weighted by molar-refractivity contribution is -0.122. The fourth-order valence-electron chi connectivity index (χ4n) is 3.90. The van der Waals surface area contributed by atoms with Gasteiger partial charge in [0.25, 0.3) is 11.1 Å². The highest BCUT2D eigenvalue weighted by Gasteiger charge is 2.36. The number of carbonyl (C=O) groups excluding carboxylic acids is 3. The van der Waals surface area contributed by atoms with E-state index in [2.05, 4.69) is 18.2 Å². The van der Waals surface area contributed by atoms with Gasteiger partial charge in [-0.2, -0.15) is 0 Å². The molecule has 5 rings (SSSR count). The molecule has 0 saturated carbocycles. The molecule has 1 aliphatic heterocycles. The van der Waals surface area contributed by atoms with Gasteiger partial charge in [0.15, 0.2) is 5.78 Å². The molecule has 1 aliphatic rings. The standard InChI is InChI=1S/C29H20ClNO4S/c30-23-12-10-21(11-13-23)26(32)17-31-28(33)27(36-29(31)34)16-19-8-14-24(15-9-19)35-18-22-6-3-5-20-4-1-2-7-25(20)22/h1-16H,17-18H2/b27-16+. The van der Waals surface area contributed by atoms with E-state index in [0.717, 1.165) is 38.6 Å². The summed E-state index contributed by atoms with van der Waals surface area (Å²) < 4.78 is 5.97. The fourth-order valence-corrected chi connectivity index (χ4v) is 4.86. The highest BCUT2D eigenvalue weighted by Crippen LogP contribution is 2.32. The Morgan fingerprint density at radius 3 is 2.39 bits per heavy atom. The molecular weight excluding hydrogens is 494 g/mol. The molecule has 0 aromatic heterocycles. The third kappa shape index (κ3) is 5.20. The van der Waals surface area contributed by atoms with E-state index in [0.29, 0.717) is 22.9 Å². The zero-order valence-corrected chi connectivity index (χ0v) is 20.6. The first-order valence-corrected chi connectivity index (χ1v) is 12.4. The number of halogens is 1. The molecule has 2 amide bonds. The predicted octanol–water partition coefficient (Wildman–Crippen LogP) is 6.99. The second-order valence-corrected chi connectivity index (χ2v) is 9.62. The number of nitrogens with zero attached hydrogens (tertiary/aromatic N) is 1. The van der Waals surface area contributed by atoms with Crippen molar-refractivity contribution in [2.24, 2.45) is 0 Å². The van der Waals surface area contributed by atoms with Crippen LogP contribution in [0, 0.1) is 0 Å². The average molecular weight is 514 g/mol. The van der Waals surface area contributed by atoms with Gasteiger partial charge in [0, 0.05) is 10.6 Å². The number of imide groups is 1. The first kappa shape index (κ1) is 23.9. The van der Waals surface area contributed by atoms with E-state index in [9.17, 15) is 14.4 Å². The average Bonchev–Trinajstić information content (AvgIpc) is 3.15. The topological polar surface area (TPSA) is 63.7 Å². The lowest BCUT2D eigenvalue weighted by Crippen LogP contribution is -2.33. The number of hydrogen-bond acceptors (Lipinski definition) is 5. The van der Waals surface area contributed by atoms with Gasteiger partial charge in [-0.3, -0.25) is 19.3 Å². The molecular formula is C29H20ClNO4S. The number of ketones is 1. The Bertz CT molecular complexity index is 1490. The SMILES string of the molecule is O=C(CN1C(=O)S/C(=C/c2ccc(OCc3cccc4ccccc34)cc2)C1=O)c1ccc(Cl)cc1. The van der Waals surface area contributed by atoms with E-state index in [1.807, 2.05) is 48.5 Å². The minimum atomic E-state index is -0.483. The van der Waals surface area contributed by atoms with Gasteiger partial charge < -0.3 is 4.74 Å². The van der Waals surface area contributed by atoms with E-state index < -0.39 is 11.1 Å². The van der Waals surface area contributed by atoms with Crippen LogP contribution in [0.5, 0.6) is 5.75 Å². The number of carbonyl (C=O) groups is 3. The van der Waals surface area contributed by atoms with E-state index in [-0.39, 0.29) is 17.2 Å². The molecule has 0 unspecified atom stereocenters. The maximum Gasteiger partial charge on any atom is 0.293 e. The van der Waals surface area contributed by atoms with Gasteiger partial charge in [0.05, 0.1) is 11.4 Å². The van der Waals surface area contributed by atoms with Crippen LogP contribution in [0.1, 0.15) is 21.5 Å². The molecule has 0 bridgehead atoms. The predicted molar refractivity (Wildman–Crippen MR) is 143 cm³/mol. The molecule has 4 aromatic carbocycles. The lowest BCUT2D eigenvalue weighted by Gasteiger charge is -2.11. The molecule has 0 N–H and O–H groups in total. The molecule has 0 atom stereocenters. The number of fused-ring (bicyclic) bond motifs is 1. The Kier molecular flexibility index (Phi) is 6.89. The summed E-state index contributed by atoms with van der Waals surface area (Å²) in [6.07, 6.45) is 1.64. The normalized spacial score (nSPS) is 14.6. The van der Waals surface area contributed by atoms with E-state index in [1.165, 1.54) is 0 Å². The first-order chi connectivity index (χ1) is 17.5. The zero-order chi connectivity index (χ0) is 25.1. The molecule has 7 heteroatoms. The molecule has 0 spiro atoms. The Hall–Kier alpha value is -3.87. The number of benzene rings is 4. The molecule has 1 saturated heterocycles.